The molecule has 0 saturated heterocycles. The Kier molecular flexibility index (Phi) is 5.36. The van der Waals surface area contributed by atoms with E-state index in [9.17, 15) is 5.11 Å². The van der Waals surface area contributed by atoms with E-state index in [1.807, 2.05) is 11.5 Å². The molecule has 86 valence electrons. The monoisotopic (exact) mass is 212 g/mol. The van der Waals surface area contributed by atoms with Crippen LogP contribution in [0.3, 0.4) is 0 Å². The number of hydrogen-bond acceptors (Lipinski definition) is 3. The molecule has 0 saturated carbocycles. The minimum absolute atomic E-state index is 0.350. The third kappa shape index (κ3) is 3.64. The van der Waals surface area contributed by atoms with Crippen LogP contribution in [0, 0.1) is 0 Å². The average molecular weight is 212 g/mol. The highest BCUT2D eigenvalue weighted by atomic mass is 16.5. The summed E-state index contributed by atoms with van der Waals surface area (Å²) in [5.41, 5.74) is 0.841. The SMILES string of the molecule is CCCOCC(O)c1cncn1CCC. The molecule has 0 aliphatic carbocycles. The van der Waals surface area contributed by atoms with E-state index in [2.05, 4.69) is 11.9 Å². The third-order valence-electron chi connectivity index (χ3n) is 2.17. The van der Waals surface area contributed by atoms with Gasteiger partial charge in [-0.2, -0.15) is 0 Å². The van der Waals surface area contributed by atoms with E-state index in [0.29, 0.717) is 13.2 Å². The number of ether oxygens (including phenoxy) is 1. The molecule has 0 aromatic carbocycles. The zero-order valence-corrected chi connectivity index (χ0v) is 9.52. The Morgan fingerprint density at radius 3 is 2.93 bits per heavy atom. The van der Waals surface area contributed by atoms with E-state index in [1.54, 1.807) is 12.5 Å². The summed E-state index contributed by atoms with van der Waals surface area (Å²) in [6.45, 7) is 6.08. The minimum atomic E-state index is -0.564. The molecule has 1 aromatic rings. The van der Waals surface area contributed by atoms with Gasteiger partial charge in [0.15, 0.2) is 0 Å². The minimum Gasteiger partial charge on any atom is -0.384 e. The van der Waals surface area contributed by atoms with Crippen molar-refractivity contribution >= 4 is 0 Å². The lowest BCUT2D eigenvalue weighted by molar-refractivity contribution is 0.0324. The van der Waals surface area contributed by atoms with Crippen LogP contribution in [-0.2, 0) is 11.3 Å². The maximum Gasteiger partial charge on any atom is 0.119 e. The largest absolute Gasteiger partial charge is 0.384 e. The van der Waals surface area contributed by atoms with Crippen LogP contribution in [0.5, 0.6) is 0 Å². The summed E-state index contributed by atoms with van der Waals surface area (Å²) in [6, 6.07) is 0. The molecular weight excluding hydrogens is 192 g/mol. The zero-order valence-electron chi connectivity index (χ0n) is 9.52. The van der Waals surface area contributed by atoms with Gasteiger partial charge in [-0.05, 0) is 12.8 Å². The van der Waals surface area contributed by atoms with Crippen LogP contribution in [-0.4, -0.2) is 27.9 Å². The van der Waals surface area contributed by atoms with Crippen molar-refractivity contribution in [1.82, 2.24) is 9.55 Å². The van der Waals surface area contributed by atoms with Crippen LogP contribution in [0.25, 0.3) is 0 Å². The predicted octanol–water partition coefficient (Wildman–Crippen LogP) is 1.75. The second-order valence-electron chi connectivity index (χ2n) is 3.60. The van der Waals surface area contributed by atoms with Crippen molar-refractivity contribution in [2.45, 2.75) is 39.3 Å². The Bertz CT molecular complexity index is 273. The van der Waals surface area contributed by atoms with E-state index < -0.39 is 6.10 Å². The molecule has 1 atom stereocenters. The Balaban J connectivity index is 2.48. The van der Waals surface area contributed by atoms with Crippen molar-refractivity contribution in [3.05, 3.63) is 18.2 Å². The van der Waals surface area contributed by atoms with Crippen LogP contribution in [0.2, 0.25) is 0 Å². The first-order valence-electron chi connectivity index (χ1n) is 5.55. The summed E-state index contributed by atoms with van der Waals surface area (Å²) in [5.74, 6) is 0. The van der Waals surface area contributed by atoms with E-state index in [-0.39, 0.29) is 0 Å². The molecule has 1 rings (SSSR count). The van der Waals surface area contributed by atoms with Gasteiger partial charge in [-0.1, -0.05) is 13.8 Å². The van der Waals surface area contributed by atoms with E-state index in [1.165, 1.54) is 0 Å². The summed E-state index contributed by atoms with van der Waals surface area (Å²) < 4.78 is 7.28. The molecule has 4 heteroatoms. The average Bonchev–Trinajstić information content (AvgIpc) is 2.67. The molecule has 1 aromatic heterocycles. The fourth-order valence-electron chi connectivity index (χ4n) is 1.46. The van der Waals surface area contributed by atoms with Crippen LogP contribution < -0.4 is 0 Å². The van der Waals surface area contributed by atoms with Crippen LogP contribution in [0.15, 0.2) is 12.5 Å². The maximum absolute atomic E-state index is 9.86. The van der Waals surface area contributed by atoms with E-state index in [0.717, 1.165) is 25.1 Å². The molecule has 0 aliphatic heterocycles. The van der Waals surface area contributed by atoms with Crippen LogP contribution >= 0.6 is 0 Å². The van der Waals surface area contributed by atoms with Gasteiger partial charge in [0.25, 0.3) is 0 Å². The number of nitrogens with zero attached hydrogens (tertiary/aromatic N) is 2. The standard InChI is InChI=1S/C11H20N2O2/c1-3-5-13-9-12-7-10(13)11(14)8-15-6-4-2/h7,9,11,14H,3-6,8H2,1-2H3. The van der Waals surface area contributed by atoms with Gasteiger partial charge in [-0.15, -0.1) is 0 Å². The molecule has 0 aliphatic rings. The molecule has 0 radical (unpaired) electrons. The second-order valence-corrected chi connectivity index (χ2v) is 3.60. The summed E-state index contributed by atoms with van der Waals surface area (Å²) in [7, 11) is 0. The van der Waals surface area contributed by atoms with Gasteiger partial charge >= 0.3 is 0 Å². The molecular formula is C11H20N2O2. The Hall–Kier alpha value is -0.870. The quantitative estimate of drug-likeness (QED) is 0.700. The number of aryl methyl sites for hydroxylation is 1. The van der Waals surface area contributed by atoms with Crippen LogP contribution in [0.1, 0.15) is 38.5 Å². The molecule has 1 heterocycles. The summed E-state index contributed by atoms with van der Waals surface area (Å²) in [5, 5.41) is 9.86. The fourth-order valence-corrected chi connectivity index (χ4v) is 1.46. The van der Waals surface area contributed by atoms with Crippen molar-refractivity contribution < 1.29 is 9.84 Å². The molecule has 1 unspecified atom stereocenters. The van der Waals surface area contributed by atoms with E-state index in [4.69, 9.17) is 4.74 Å². The fraction of sp³-hybridized carbons (Fsp3) is 0.727. The van der Waals surface area contributed by atoms with Crippen molar-refractivity contribution in [1.29, 1.82) is 0 Å². The first-order valence-corrected chi connectivity index (χ1v) is 5.55. The lowest BCUT2D eigenvalue weighted by atomic mass is 10.3. The first kappa shape index (κ1) is 12.2. The number of hydrogen-bond donors (Lipinski definition) is 1. The zero-order chi connectivity index (χ0) is 11.1. The predicted molar refractivity (Wildman–Crippen MR) is 58.6 cm³/mol. The van der Waals surface area contributed by atoms with Crippen LogP contribution in [0.4, 0.5) is 0 Å². The van der Waals surface area contributed by atoms with Gasteiger partial charge < -0.3 is 14.4 Å². The van der Waals surface area contributed by atoms with Gasteiger partial charge in [-0.3, -0.25) is 0 Å². The Labute approximate surface area is 90.9 Å². The number of aliphatic hydroxyl groups excluding tert-OH is 1. The van der Waals surface area contributed by atoms with Crippen molar-refractivity contribution in [3.8, 4) is 0 Å². The smallest absolute Gasteiger partial charge is 0.119 e. The molecule has 4 nitrogen and oxygen atoms in total. The number of imidazole rings is 1. The lowest BCUT2D eigenvalue weighted by Crippen LogP contribution is -2.12. The van der Waals surface area contributed by atoms with Crippen molar-refractivity contribution in [3.63, 3.8) is 0 Å². The Morgan fingerprint density at radius 2 is 2.27 bits per heavy atom. The molecule has 0 fully saturated rings. The molecule has 0 spiro atoms. The Morgan fingerprint density at radius 1 is 1.47 bits per heavy atom. The van der Waals surface area contributed by atoms with Gasteiger partial charge in [-0.25, -0.2) is 4.98 Å². The highest BCUT2D eigenvalue weighted by Gasteiger charge is 2.12. The van der Waals surface area contributed by atoms with Gasteiger partial charge in [0.05, 0.1) is 24.8 Å². The second kappa shape index (κ2) is 6.58. The molecule has 1 N–H and O–H groups in total. The molecule has 15 heavy (non-hydrogen) atoms. The topological polar surface area (TPSA) is 47.3 Å². The highest BCUT2D eigenvalue weighted by molar-refractivity contribution is 5.02. The molecule has 0 bridgehead atoms. The van der Waals surface area contributed by atoms with Gasteiger partial charge in [0, 0.05) is 13.2 Å². The third-order valence-corrected chi connectivity index (χ3v) is 2.17. The number of aromatic nitrogens is 2. The summed E-state index contributed by atoms with van der Waals surface area (Å²) >= 11 is 0. The van der Waals surface area contributed by atoms with E-state index >= 15 is 0 Å². The van der Waals surface area contributed by atoms with Crippen molar-refractivity contribution in [2.24, 2.45) is 0 Å². The normalized spacial score (nSPS) is 13.0. The number of aliphatic hydroxyl groups is 1. The summed E-state index contributed by atoms with van der Waals surface area (Å²) in [6.07, 6.45) is 4.90. The van der Waals surface area contributed by atoms with Crippen molar-refractivity contribution in [2.75, 3.05) is 13.2 Å². The van der Waals surface area contributed by atoms with Gasteiger partial charge in [0.2, 0.25) is 0 Å². The maximum atomic E-state index is 9.86. The lowest BCUT2D eigenvalue weighted by Gasteiger charge is -2.13. The summed E-state index contributed by atoms with van der Waals surface area (Å²) in [4.78, 5) is 4.04. The first-order chi connectivity index (χ1) is 7.29. The number of rotatable bonds is 7. The highest BCUT2D eigenvalue weighted by Crippen LogP contribution is 2.13. The molecule has 0 amide bonds. The van der Waals surface area contributed by atoms with Gasteiger partial charge in [0.1, 0.15) is 6.10 Å².